The Bertz CT molecular complexity index is 584. The van der Waals surface area contributed by atoms with Gasteiger partial charge < -0.3 is 9.05 Å². The lowest BCUT2D eigenvalue weighted by molar-refractivity contribution is 0.479. The fourth-order valence-electron chi connectivity index (χ4n) is 2.12. The van der Waals surface area contributed by atoms with Gasteiger partial charge in [0, 0.05) is 13.1 Å². The summed E-state index contributed by atoms with van der Waals surface area (Å²) in [4.78, 5) is 0. The van der Waals surface area contributed by atoms with E-state index in [2.05, 4.69) is 18.4 Å². The van der Waals surface area contributed by atoms with E-state index >= 15 is 0 Å². The summed E-state index contributed by atoms with van der Waals surface area (Å²) in [6.07, 6.45) is 4.92. The SMILES string of the molecule is C=P1(C)Oc2ccccc2Cc2ccccc2O1.CC.CC.CC.CC. The molecular formula is C23H39O2P. The van der Waals surface area contributed by atoms with Crippen LogP contribution in [0.25, 0.3) is 0 Å². The van der Waals surface area contributed by atoms with Crippen molar-refractivity contribution in [2.24, 2.45) is 0 Å². The predicted molar refractivity (Wildman–Crippen MR) is 122 cm³/mol. The highest BCUT2D eigenvalue weighted by molar-refractivity contribution is 7.64. The Hall–Kier alpha value is -1.66. The Labute approximate surface area is 162 Å². The second kappa shape index (κ2) is 15.6. The minimum Gasteiger partial charge on any atom is -0.444 e. The van der Waals surface area contributed by atoms with Crippen LogP contribution in [0, 0.1) is 0 Å². The number of para-hydroxylation sites is 2. The highest BCUT2D eigenvalue weighted by atomic mass is 31.2. The first-order valence-corrected chi connectivity index (χ1v) is 12.2. The molecule has 3 heteroatoms. The van der Waals surface area contributed by atoms with E-state index in [-0.39, 0.29) is 0 Å². The molecule has 0 saturated carbocycles. The summed E-state index contributed by atoms with van der Waals surface area (Å²) in [6, 6.07) is 16.2. The maximum atomic E-state index is 5.96. The molecule has 0 atom stereocenters. The van der Waals surface area contributed by atoms with Crippen molar-refractivity contribution < 1.29 is 9.05 Å². The van der Waals surface area contributed by atoms with Crippen molar-refractivity contribution in [2.75, 3.05) is 6.66 Å². The van der Waals surface area contributed by atoms with Gasteiger partial charge in [0.1, 0.15) is 11.5 Å². The van der Waals surface area contributed by atoms with Gasteiger partial charge in [0.25, 0.3) is 0 Å². The topological polar surface area (TPSA) is 18.5 Å². The van der Waals surface area contributed by atoms with Crippen molar-refractivity contribution in [3.05, 3.63) is 59.7 Å². The second-order valence-corrected chi connectivity index (χ2v) is 6.98. The first-order chi connectivity index (χ1) is 12.6. The van der Waals surface area contributed by atoms with Crippen LogP contribution < -0.4 is 9.05 Å². The average molecular weight is 379 g/mol. The summed E-state index contributed by atoms with van der Waals surface area (Å²) in [6.45, 7) is 17.9. The van der Waals surface area contributed by atoms with Crippen LogP contribution >= 0.6 is 7.34 Å². The van der Waals surface area contributed by atoms with Crippen LogP contribution in [-0.4, -0.2) is 13.0 Å². The van der Waals surface area contributed by atoms with Crippen molar-refractivity contribution in [3.8, 4) is 11.5 Å². The monoisotopic (exact) mass is 378 g/mol. The molecule has 0 spiro atoms. The zero-order chi connectivity index (χ0) is 20.6. The quantitative estimate of drug-likeness (QED) is 0.432. The van der Waals surface area contributed by atoms with E-state index in [9.17, 15) is 0 Å². The van der Waals surface area contributed by atoms with E-state index in [1.807, 2.05) is 98.5 Å². The molecule has 0 aliphatic carbocycles. The molecule has 0 aromatic heterocycles. The largest absolute Gasteiger partial charge is 0.444 e. The van der Waals surface area contributed by atoms with Gasteiger partial charge in [-0.2, -0.15) is 0 Å². The maximum absolute atomic E-state index is 5.96. The Kier molecular flexibility index (Phi) is 15.9. The van der Waals surface area contributed by atoms with Crippen LogP contribution in [0.5, 0.6) is 11.5 Å². The molecule has 1 aliphatic rings. The molecule has 0 bridgehead atoms. The van der Waals surface area contributed by atoms with Gasteiger partial charge in [0.05, 0.1) is 0 Å². The first-order valence-electron chi connectivity index (χ1n) is 9.90. The highest BCUT2D eigenvalue weighted by Gasteiger charge is 2.20. The van der Waals surface area contributed by atoms with Gasteiger partial charge >= 0.3 is 0 Å². The molecular weight excluding hydrogens is 339 g/mol. The van der Waals surface area contributed by atoms with Crippen LogP contribution in [0.1, 0.15) is 66.5 Å². The molecule has 0 amide bonds. The van der Waals surface area contributed by atoms with Crippen LogP contribution in [0.2, 0.25) is 0 Å². The molecule has 0 N–H and O–H groups in total. The van der Waals surface area contributed by atoms with Gasteiger partial charge in [0.15, 0.2) is 0 Å². The molecule has 2 aromatic carbocycles. The molecule has 26 heavy (non-hydrogen) atoms. The third-order valence-electron chi connectivity index (χ3n) is 2.91. The Morgan fingerprint density at radius 2 is 0.962 bits per heavy atom. The average Bonchev–Trinajstić information content (AvgIpc) is 2.69. The lowest BCUT2D eigenvalue weighted by Crippen LogP contribution is -2.07. The van der Waals surface area contributed by atoms with Crippen molar-refractivity contribution >= 4 is 13.6 Å². The molecule has 3 rings (SSSR count). The standard InChI is InChI=1S/C15H15O2P.4C2H6/c1-18(2)16-14-9-5-3-7-12(14)11-13-8-4-6-10-15(13)17-18;4*1-2/h3-10H,1,11H2,2H3;4*1-2H3. The van der Waals surface area contributed by atoms with Crippen molar-refractivity contribution in [1.29, 1.82) is 0 Å². The van der Waals surface area contributed by atoms with E-state index in [0.717, 1.165) is 17.9 Å². The summed E-state index contributed by atoms with van der Waals surface area (Å²) >= 11 is 0. The molecule has 0 unspecified atom stereocenters. The van der Waals surface area contributed by atoms with Crippen molar-refractivity contribution in [3.63, 3.8) is 0 Å². The molecule has 2 aromatic rings. The summed E-state index contributed by atoms with van der Waals surface area (Å²) in [5, 5.41) is 0. The Balaban J connectivity index is 0. The van der Waals surface area contributed by atoms with Gasteiger partial charge in [0.2, 0.25) is 7.34 Å². The fourth-order valence-corrected chi connectivity index (χ4v) is 3.34. The van der Waals surface area contributed by atoms with Crippen LogP contribution in [0.15, 0.2) is 48.5 Å². The summed E-state index contributed by atoms with van der Waals surface area (Å²) in [7, 11) is -2.12. The predicted octanol–water partition coefficient (Wildman–Crippen LogP) is 8.06. The van der Waals surface area contributed by atoms with Gasteiger partial charge in [-0.25, -0.2) is 0 Å². The Morgan fingerprint density at radius 1 is 0.654 bits per heavy atom. The molecule has 1 heterocycles. The van der Waals surface area contributed by atoms with Crippen LogP contribution in [0.3, 0.4) is 0 Å². The summed E-state index contributed by atoms with van der Waals surface area (Å²) in [5.41, 5.74) is 2.37. The van der Waals surface area contributed by atoms with Gasteiger partial charge in [-0.1, -0.05) is 91.8 Å². The minimum absolute atomic E-state index is 0.826. The van der Waals surface area contributed by atoms with Gasteiger partial charge in [-0.15, -0.1) is 0 Å². The highest BCUT2D eigenvalue weighted by Crippen LogP contribution is 2.48. The first kappa shape index (κ1) is 26.6. The number of hydrogen-bond donors (Lipinski definition) is 0. The molecule has 148 valence electrons. The lowest BCUT2D eigenvalue weighted by Gasteiger charge is -2.27. The Morgan fingerprint density at radius 3 is 1.31 bits per heavy atom. The number of hydrogen-bond acceptors (Lipinski definition) is 2. The van der Waals surface area contributed by atoms with Crippen molar-refractivity contribution in [1.82, 2.24) is 0 Å². The molecule has 2 nitrogen and oxygen atoms in total. The van der Waals surface area contributed by atoms with E-state index in [1.165, 1.54) is 11.1 Å². The molecule has 0 fully saturated rings. The van der Waals surface area contributed by atoms with E-state index in [1.54, 1.807) is 0 Å². The molecule has 1 aliphatic heterocycles. The smallest absolute Gasteiger partial charge is 0.212 e. The maximum Gasteiger partial charge on any atom is 0.212 e. The third kappa shape index (κ3) is 8.63. The normalized spacial score (nSPS) is 12.2. The zero-order valence-electron chi connectivity index (χ0n) is 18.3. The van der Waals surface area contributed by atoms with Gasteiger partial charge in [-0.05, 0) is 29.6 Å². The minimum atomic E-state index is -2.12. The van der Waals surface area contributed by atoms with Gasteiger partial charge in [-0.3, -0.25) is 0 Å². The number of fused-ring (bicyclic) bond motifs is 2. The number of benzene rings is 2. The third-order valence-corrected chi connectivity index (χ3v) is 4.07. The number of rotatable bonds is 0. The van der Waals surface area contributed by atoms with Crippen LogP contribution in [-0.2, 0) is 6.42 Å². The lowest BCUT2D eigenvalue weighted by atomic mass is 10.0. The van der Waals surface area contributed by atoms with Crippen molar-refractivity contribution in [2.45, 2.75) is 61.8 Å². The fraction of sp³-hybridized carbons (Fsp3) is 0.435. The van der Waals surface area contributed by atoms with E-state index in [4.69, 9.17) is 9.05 Å². The van der Waals surface area contributed by atoms with Crippen LogP contribution in [0.4, 0.5) is 0 Å². The second-order valence-electron chi connectivity index (χ2n) is 4.59. The van der Waals surface area contributed by atoms with E-state index in [0.29, 0.717) is 0 Å². The summed E-state index contributed by atoms with van der Waals surface area (Å²) in [5.74, 6) is 1.77. The molecule has 0 saturated heterocycles. The summed E-state index contributed by atoms with van der Waals surface area (Å²) < 4.78 is 11.9. The molecule has 0 radical (unpaired) electrons. The van der Waals surface area contributed by atoms with E-state index < -0.39 is 7.34 Å². The zero-order valence-corrected chi connectivity index (χ0v) is 19.2.